The van der Waals surface area contributed by atoms with Crippen molar-refractivity contribution in [2.45, 2.75) is 71.6 Å². The van der Waals surface area contributed by atoms with E-state index in [9.17, 15) is 0 Å². The van der Waals surface area contributed by atoms with E-state index in [1.807, 2.05) is 6.20 Å². The van der Waals surface area contributed by atoms with Gasteiger partial charge in [0.05, 0.1) is 23.4 Å². The average molecular weight is 787 g/mol. The summed E-state index contributed by atoms with van der Waals surface area (Å²) in [7, 11) is 0. The first-order chi connectivity index (χ1) is 28.8. The molecule has 5 heteroatoms. The fraction of sp³-hybridized carbons (Fsp3) is 0.218. The minimum atomic E-state index is -0.157. The van der Waals surface area contributed by atoms with Crippen LogP contribution in [0.15, 0.2) is 170 Å². The Morgan fingerprint density at radius 1 is 0.533 bits per heavy atom. The third-order valence-electron chi connectivity index (χ3n) is 12.1. The van der Waals surface area contributed by atoms with Crippen molar-refractivity contribution in [1.29, 1.82) is 0 Å². The first-order valence-corrected chi connectivity index (χ1v) is 21.1. The van der Waals surface area contributed by atoms with Crippen molar-refractivity contribution in [2.24, 2.45) is 0 Å². The topological polar surface area (TPSA) is 33.5 Å². The van der Waals surface area contributed by atoms with Gasteiger partial charge in [-0.3, -0.25) is 4.57 Å². The van der Waals surface area contributed by atoms with Gasteiger partial charge < -0.3 is 14.5 Å². The molecular formula is C55H54N4O. The van der Waals surface area contributed by atoms with E-state index in [0.717, 1.165) is 45.4 Å². The van der Waals surface area contributed by atoms with Crippen molar-refractivity contribution in [1.82, 2.24) is 9.55 Å². The van der Waals surface area contributed by atoms with Gasteiger partial charge in [0, 0.05) is 52.1 Å². The fourth-order valence-electron chi connectivity index (χ4n) is 8.62. The number of hydrogen-bond acceptors (Lipinski definition) is 4. The number of anilines is 2. The highest BCUT2D eigenvalue weighted by atomic mass is 16.5. The number of nitrogens with zero attached hydrogens (tertiary/aromatic N) is 4. The van der Waals surface area contributed by atoms with Gasteiger partial charge in [0.15, 0.2) is 0 Å². The van der Waals surface area contributed by atoms with Crippen LogP contribution in [0.5, 0.6) is 11.5 Å². The van der Waals surface area contributed by atoms with Crippen LogP contribution < -0.4 is 14.5 Å². The molecule has 1 aliphatic rings. The zero-order valence-electron chi connectivity index (χ0n) is 36.1. The smallest absolute Gasteiger partial charge is 0.137 e. The maximum Gasteiger partial charge on any atom is 0.137 e. The van der Waals surface area contributed by atoms with Gasteiger partial charge in [0.2, 0.25) is 0 Å². The van der Waals surface area contributed by atoms with Gasteiger partial charge in [-0.15, -0.1) is 0 Å². The van der Waals surface area contributed by atoms with E-state index in [1.54, 1.807) is 0 Å². The van der Waals surface area contributed by atoms with E-state index in [1.165, 1.54) is 38.6 Å². The fourth-order valence-corrected chi connectivity index (χ4v) is 8.62. The number of hydrogen-bond donors (Lipinski definition) is 0. The van der Waals surface area contributed by atoms with Gasteiger partial charge in [-0.25, -0.2) is 4.98 Å². The molecule has 0 atom stereocenters. The summed E-state index contributed by atoms with van der Waals surface area (Å²) in [6, 6.07) is 56.4. The van der Waals surface area contributed by atoms with Crippen LogP contribution in [0.1, 0.15) is 83.2 Å². The molecular weight excluding hydrogens is 733 g/mol. The highest BCUT2D eigenvalue weighted by molar-refractivity contribution is 6.11. The quantitative estimate of drug-likeness (QED) is 0.154. The number of aromatic nitrogens is 2. The SMILES string of the molecule is CC(C)(C)c1ccnc(-n2c3ccccc3c3c(C(C)(C)C)cc(Oc4cccc(N5C=C(c6ccccc6)N(c6cccc(C(C)(C)c7ccccc7)c6)C5)c4)cc32)c1. The normalized spacial score (nSPS) is 13.6. The van der Waals surface area contributed by atoms with E-state index in [0.29, 0.717) is 6.67 Å². The van der Waals surface area contributed by atoms with Crippen molar-refractivity contribution in [3.8, 4) is 17.3 Å². The van der Waals surface area contributed by atoms with Crippen LogP contribution >= 0.6 is 0 Å². The zero-order chi connectivity index (χ0) is 41.8. The molecule has 0 amide bonds. The highest BCUT2D eigenvalue weighted by Crippen LogP contribution is 2.43. The molecule has 0 radical (unpaired) electrons. The van der Waals surface area contributed by atoms with Crippen LogP contribution in [-0.4, -0.2) is 16.2 Å². The lowest BCUT2D eigenvalue weighted by Crippen LogP contribution is -2.27. The second-order valence-electron chi connectivity index (χ2n) is 18.7. The van der Waals surface area contributed by atoms with E-state index >= 15 is 0 Å². The van der Waals surface area contributed by atoms with E-state index in [4.69, 9.17) is 9.72 Å². The Labute approximate surface area is 355 Å². The molecule has 1 aliphatic heterocycles. The largest absolute Gasteiger partial charge is 0.457 e. The van der Waals surface area contributed by atoms with Gasteiger partial charge in [0.1, 0.15) is 17.3 Å². The number of para-hydroxylation sites is 1. The first-order valence-electron chi connectivity index (χ1n) is 21.1. The molecule has 6 aromatic carbocycles. The minimum absolute atomic E-state index is 0.0148. The van der Waals surface area contributed by atoms with Crippen molar-refractivity contribution >= 4 is 38.9 Å². The van der Waals surface area contributed by atoms with Crippen LogP contribution in [0.3, 0.4) is 0 Å². The third-order valence-corrected chi connectivity index (χ3v) is 12.1. The van der Waals surface area contributed by atoms with E-state index in [-0.39, 0.29) is 16.2 Å². The number of fused-ring (bicyclic) bond motifs is 3. The first kappa shape index (κ1) is 38.9. The molecule has 9 rings (SSSR count). The Bertz CT molecular complexity index is 2870. The molecule has 0 N–H and O–H groups in total. The van der Waals surface area contributed by atoms with Crippen LogP contribution in [0.4, 0.5) is 11.4 Å². The molecule has 2 aromatic heterocycles. The molecule has 0 bridgehead atoms. The molecule has 0 unspecified atom stereocenters. The second kappa shape index (κ2) is 14.9. The minimum Gasteiger partial charge on any atom is -0.457 e. The summed E-state index contributed by atoms with van der Waals surface area (Å²) >= 11 is 0. The van der Waals surface area contributed by atoms with Crippen LogP contribution in [0, 0.1) is 0 Å². The van der Waals surface area contributed by atoms with E-state index in [2.05, 4.69) is 234 Å². The monoisotopic (exact) mass is 786 g/mol. The second-order valence-corrected chi connectivity index (χ2v) is 18.7. The van der Waals surface area contributed by atoms with Crippen LogP contribution in [0.25, 0.3) is 33.3 Å². The molecule has 8 aromatic rings. The molecule has 300 valence electrons. The Morgan fingerprint density at radius 3 is 1.97 bits per heavy atom. The standard InChI is InChI=1S/C55H54N4O/c1-53(2,3)40-29-30-56-51(32-40)59-48-28-16-15-27-46(48)52-47(54(4,5)6)34-45(35-49(52)59)60-44-26-18-24-42(33-44)57-36-50(38-19-11-9-12-20-38)58(37-57)43-25-17-23-41(31-43)55(7,8)39-21-13-10-14-22-39/h9-36H,37H2,1-8H3. The van der Waals surface area contributed by atoms with E-state index < -0.39 is 0 Å². The zero-order valence-corrected chi connectivity index (χ0v) is 36.1. The predicted molar refractivity (Wildman–Crippen MR) is 252 cm³/mol. The number of ether oxygens (including phenoxy) is 1. The molecule has 3 heterocycles. The number of rotatable bonds is 8. The van der Waals surface area contributed by atoms with Gasteiger partial charge in [0.25, 0.3) is 0 Å². The lowest BCUT2D eigenvalue weighted by atomic mass is 9.78. The summed E-state index contributed by atoms with van der Waals surface area (Å²) in [5, 5.41) is 2.44. The van der Waals surface area contributed by atoms with Crippen molar-refractivity contribution < 1.29 is 4.74 Å². The summed E-state index contributed by atoms with van der Waals surface area (Å²) in [6.45, 7) is 18.9. The summed E-state index contributed by atoms with van der Waals surface area (Å²) < 4.78 is 9.22. The summed E-state index contributed by atoms with van der Waals surface area (Å²) in [6.07, 6.45) is 4.21. The number of pyridine rings is 1. The highest BCUT2D eigenvalue weighted by Gasteiger charge is 2.29. The van der Waals surface area contributed by atoms with Crippen LogP contribution in [0.2, 0.25) is 0 Å². The third kappa shape index (κ3) is 7.23. The molecule has 0 spiro atoms. The van der Waals surface area contributed by atoms with Gasteiger partial charge in [-0.1, -0.05) is 152 Å². The molecule has 0 saturated heterocycles. The lowest BCUT2D eigenvalue weighted by Gasteiger charge is -2.29. The summed E-state index contributed by atoms with van der Waals surface area (Å²) in [4.78, 5) is 9.68. The van der Waals surface area contributed by atoms with Crippen molar-refractivity contribution in [3.63, 3.8) is 0 Å². The van der Waals surface area contributed by atoms with Gasteiger partial charge in [-0.05, 0) is 87.2 Å². The maximum atomic E-state index is 6.91. The van der Waals surface area contributed by atoms with Gasteiger partial charge >= 0.3 is 0 Å². The summed E-state index contributed by atoms with van der Waals surface area (Å²) in [5.41, 5.74) is 11.5. The molecule has 0 fully saturated rings. The maximum absolute atomic E-state index is 6.91. The Balaban J connectivity index is 1.10. The molecule has 5 nitrogen and oxygen atoms in total. The van der Waals surface area contributed by atoms with Crippen molar-refractivity contribution in [3.05, 3.63) is 198 Å². The molecule has 60 heavy (non-hydrogen) atoms. The average Bonchev–Trinajstić information content (AvgIpc) is 3.84. The van der Waals surface area contributed by atoms with Gasteiger partial charge in [-0.2, -0.15) is 0 Å². The van der Waals surface area contributed by atoms with Crippen molar-refractivity contribution in [2.75, 3.05) is 16.5 Å². The predicted octanol–water partition coefficient (Wildman–Crippen LogP) is 14.2. The lowest BCUT2D eigenvalue weighted by molar-refractivity contribution is 0.480. The molecule has 0 saturated carbocycles. The Kier molecular flexibility index (Phi) is 9.66. The Hall–Kier alpha value is -6.59. The Morgan fingerprint density at radius 2 is 1.22 bits per heavy atom. The number of benzene rings is 6. The summed E-state index contributed by atoms with van der Waals surface area (Å²) in [5.74, 6) is 2.48. The van der Waals surface area contributed by atoms with Crippen LogP contribution in [-0.2, 0) is 16.2 Å². The molecule has 0 aliphatic carbocycles.